The number of hydrogen-bond donors (Lipinski definition) is 1. The first-order chi connectivity index (χ1) is 6.81. The Labute approximate surface area is 98.8 Å². The van der Waals surface area contributed by atoms with E-state index >= 15 is 0 Å². The first-order valence-electron chi connectivity index (χ1n) is 4.10. The Morgan fingerprint density at radius 3 is 1.87 bits per heavy atom. The number of carboxylic acids is 1. The van der Waals surface area contributed by atoms with Crippen LogP contribution in [0.4, 0.5) is 0 Å². The zero-order valence-corrected chi connectivity index (χ0v) is 10.2. The van der Waals surface area contributed by atoms with Crippen LogP contribution in [0.2, 0.25) is 0 Å². The molecule has 0 fully saturated rings. The van der Waals surface area contributed by atoms with Crippen molar-refractivity contribution in [1.82, 2.24) is 0 Å². The number of carboxylic acid groups (broad SMARTS) is 1. The highest BCUT2D eigenvalue weighted by atomic mass is 35.5. The van der Waals surface area contributed by atoms with Gasteiger partial charge in [0.25, 0.3) is 0 Å². The monoisotopic (exact) mass is 259 g/mol. The average Bonchev–Trinajstić information content (AvgIpc) is 2.17. The van der Waals surface area contributed by atoms with Gasteiger partial charge in [0.1, 0.15) is 12.4 Å². The summed E-state index contributed by atoms with van der Waals surface area (Å²) in [4.78, 5) is 20.1. The van der Waals surface area contributed by atoms with Crippen LogP contribution in [-0.4, -0.2) is 60.5 Å². The van der Waals surface area contributed by atoms with Crippen LogP contribution in [0.3, 0.4) is 0 Å². The molecule has 5 nitrogen and oxygen atoms in total. The van der Waals surface area contributed by atoms with Crippen molar-refractivity contribution in [2.45, 2.75) is 0 Å². The lowest BCUT2D eigenvalue weighted by molar-refractivity contribution is -0.813. The number of quaternary nitrogens is 1. The molecule has 15 heavy (non-hydrogen) atoms. The molecule has 7 heteroatoms. The summed E-state index contributed by atoms with van der Waals surface area (Å²) in [6.07, 6.45) is 0. The van der Waals surface area contributed by atoms with Gasteiger partial charge in [-0.2, -0.15) is 0 Å². The smallest absolute Gasteiger partial charge is 0.328 e. The molecule has 0 spiro atoms. The molecule has 0 heterocycles. The molecule has 0 atom stereocenters. The fraction of sp³-hybridized carbons (Fsp3) is 0.750. The molecule has 0 unspecified atom stereocenters. The minimum atomic E-state index is -1.23. The third kappa shape index (κ3) is 9.93. The summed E-state index contributed by atoms with van der Waals surface area (Å²) >= 11 is 10.00. The van der Waals surface area contributed by atoms with Gasteiger partial charge in [-0.05, 0) is 0 Å². The van der Waals surface area contributed by atoms with E-state index in [0.29, 0.717) is 6.54 Å². The summed E-state index contributed by atoms with van der Waals surface area (Å²) in [6.45, 7) is 0.432. The molecule has 0 aliphatic rings. The van der Waals surface area contributed by atoms with Crippen LogP contribution in [0.25, 0.3) is 0 Å². The van der Waals surface area contributed by atoms with Crippen molar-refractivity contribution >= 4 is 35.1 Å². The fourth-order valence-corrected chi connectivity index (χ4v) is 0.860. The van der Waals surface area contributed by atoms with Gasteiger partial charge in [0, 0.05) is 0 Å². The molecule has 0 saturated carbocycles. The minimum Gasteiger partial charge on any atom is -0.549 e. The second-order valence-corrected chi connectivity index (χ2v) is 3.70. The molecule has 1 amide bonds. The third-order valence-corrected chi connectivity index (χ3v) is 2.00. The van der Waals surface area contributed by atoms with Crippen molar-refractivity contribution in [3.05, 3.63) is 0 Å². The van der Waals surface area contributed by atoms with Crippen LogP contribution in [0.15, 0.2) is 0 Å². The number of alkyl halides is 2. The highest BCUT2D eigenvalue weighted by Gasteiger charge is 2.23. The number of amides is 1. The summed E-state index contributed by atoms with van der Waals surface area (Å²) in [5.41, 5.74) is 0. The maximum atomic E-state index is 11.0. The lowest BCUT2D eigenvalue weighted by Gasteiger charge is -2.24. The zero-order valence-electron chi connectivity index (χ0n) is 8.70. The van der Waals surface area contributed by atoms with Crippen molar-refractivity contribution in [2.75, 3.05) is 39.0 Å². The molecule has 0 aliphatic heterocycles. The molecule has 1 N–H and O–H groups in total. The highest BCUT2D eigenvalue weighted by molar-refractivity contribution is 6.26. The van der Waals surface area contributed by atoms with Crippen molar-refractivity contribution in [1.29, 1.82) is 0 Å². The molecule has 90 valence electrons. The lowest BCUT2D eigenvalue weighted by atomic mass is 10.4. The van der Waals surface area contributed by atoms with Gasteiger partial charge in [-0.3, -0.25) is 4.48 Å². The molecule has 0 aromatic carbocycles. The Bertz CT molecular complexity index is 209. The second kappa shape index (κ2) is 8.91. The van der Waals surface area contributed by atoms with Gasteiger partial charge in [-0.15, -0.1) is 23.2 Å². The molecule has 0 radical (unpaired) electrons. The summed E-state index contributed by atoms with van der Waals surface area (Å²) in [5, 5.41) is 17.7. The van der Waals surface area contributed by atoms with Crippen LogP contribution in [0, 0.1) is 0 Å². The van der Waals surface area contributed by atoms with Crippen molar-refractivity contribution in [2.24, 2.45) is 0 Å². The predicted octanol–water partition coefficient (Wildman–Crippen LogP) is -1.20. The predicted molar refractivity (Wildman–Crippen MR) is 55.5 cm³/mol. The van der Waals surface area contributed by atoms with Gasteiger partial charge < -0.3 is 15.0 Å². The Hall–Kier alpha value is -0.360. The Morgan fingerprint density at radius 1 is 1.27 bits per heavy atom. The van der Waals surface area contributed by atoms with Crippen LogP contribution >= 0.6 is 23.2 Å². The van der Waals surface area contributed by atoms with Gasteiger partial charge in [-0.1, -0.05) is 0 Å². The number of carbonyl (C=O) groups excluding carboxylic acids is 2. The minimum absolute atomic E-state index is 0.00694. The number of carbonyl (C=O) groups is 2. The number of likely N-dealkylation sites (N-methyl/N-ethyl adjacent to an activating group) is 1. The SMILES string of the molecule is C[N+](C)(CCO)C(=O)CCl.O=C([O-])CCl. The molecule has 0 aliphatic carbocycles. The first kappa shape index (κ1) is 17.0. The highest BCUT2D eigenvalue weighted by Crippen LogP contribution is 1.98. The zero-order chi connectivity index (χ0) is 12.5. The summed E-state index contributed by atoms with van der Waals surface area (Å²) in [7, 11) is 3.45. The number of rotatable bonds is 4. The maximum Gasteiger partial charge on any atom is 0.328 e. The van der Waals surface area contributed by atoms with E-state index in [4.69, 9.17) is 26.6 Å². The first-order valence-corrected chi connectivity index (χ1v) is 5.17. The van der Waals surface area contributed by atoms with Gasteiger partial charge in [-0.25, -0.2) is 4.79 Å². The molecule has 0 rings (SSSR count). The number of halogens is 2. The van der Waals surface area contributed by atoms with Crippen LogP contribution < -0.4 is 5.11 Å². The van der Waals surface area contributed by atoms with E-state index in [1.165, 1.54) is 0 Å². The van der Waals surface area contributed by atoms with Gasteiger partial charge in [0.05, 0.1) is 32.6 Å². The van der Waals surface area contributed by atoms with Gasteiger partial charge in [0.15, 0.2) is 0 Å². The van der Waals surface area contributed by atoms with Crippen molar-refractivity contribution in [3.63, 3.8) is 0 Å². The number of nitrogens with zero attached hydrogens (tertiary/aromatic N) is 1. The van der Waals surface area contributed by atoms with E-state index in [0.717, 1.165) is 0 Å². The van der Waals surface area contributed by atoms with E-state index in [2.05, 4.69) is 11.6 Å². The summed E-state index contributed by atoms with van der Waals surface area (Å²) < 4.78 is 0.153. The second-order valence-electron chi connectivity index (χ2n) is 3.17. The molecular weight excluding hydrogens is 245 g/mol. The van der Waals surface area contributed by atoms with Crippen molar-refractivity contribution < 1.29 is 24.3 Å². The van der Waals surface area contributed by atoms with Crippen LogP contribution in [-0.2, 0) is 9.59 Å². The summed E-state index contributed by atoms with van der Waals surface area (Å²) in [6, 6.07) is 0. The lowest BCUT2D eigenvalue weighted by Crippen LogP contribution is -2.48. The van der Waals surface area contributed by atoms with Gasteiger partial charge >= 0.3 is 5.91 Å². The van der Waals surface area contributed by atoms with E-state index in [1.807, 2.05) is 0 Å². The average molecular weight is 260 g/mol. The Balaban J connectivity index is 0. The Kier molecular flexibility index (Phi) is 10.1. The standard InChI is InChI=1S/C6H13ClNO2.C2H3ClO2/c1-8(2,3-4-9)6(10)5-7;3-1-2(4)5/h9H,3-5H2,1-2H3;1H2,(H,4,5)/q+1;/p-1. The topological polar surface area (TPSA) is 77.4 Å². The van der Waals surface area contributed by atoms with E-state index < -0.39 is 11.8 Å². The quantitative estimate of drug-likeness (QED) is 0.508. The molecule has 0 aromatic heterocycles. The molecule has 0 aromatic rings. The molecule has 0 bridgehead atoms. The molecular formula is C8H15Cl2NO4. The van der Waals surface area contributed by atoms with Crippen molar-refractivity contribution in [3.8, 4) is 0 Å². The summed E-state index contributed by atoms with van der Waals surface area (Å²) in [5.74, 6) is -1.71. The number of aliphatic carboxylic acids is 1. The Morgan fingerprint density at radius 2 is 1.67 bits per heavy atom. The number of aliphatic hydroxyl groups is 1. The van der Waals surface area contributed by atoms with Crippen LogP contribution in [0.1, 0.15) is 0 Å². The van der Waals surface area contributed by atoms with Crippen LogP contribution in [0.5, 0.6) is 0 Å². The number of hydrogen-bond acceptors (Lipinski definition) is 4. The van der Waals surface area contributed by atoms with E-state index in [9.17, 15) is 4.79 Å². The fourth-order valence-electron chi connectivity index (χ4n) is 0.536. The maximum absolute atomic E-state index is 11.0. The van der Waals surface area contributed by atoms with Gasteiger partial charge in [0.2, 0.25) is 0 Å². The van der Waals surface area contributed by atoms with E-state index in [-0.39, 0.29) is 22.9 Å². The van der Waals surface area contributed by atoms with E-state index in [1.54, 1.807) is 14.1 Å². The molecule has 0 saturated heterocycles. The normalized spacial score (nSPS) is 10.2. The largest absolute Gasteiger partial charge is 0.549 e. The number of aliphatic hydroxyl groups excluding tert-OH is 1. The third-order valence-electron chi connectivity index (χ3n) is 1.56.